The highest BCUT2D eigenvalue weighted by atomic mass is 19.1. The summed E-state index contributed by atoms with van der Waals surface area (Å²) >= 11 is 0. The monoisotopic (exact) mass is 426 g/mol. The highest BCUT2D eigenvalue weighted by Gasteiger charge is 2.33. The van der Waals surface area contributed by atoms with Crippen molar-refractivity contribution in [1.29, 1.82) is 0 Å². The summed E-state index contributed by atoms with van der Waals surface area (Å²) in [7, 11) is 1.76. The summed E-state index contributed by atoms with van der Waals surface area (Å²) in [5.41, 5.74) is 6.66. The summed E-state index contributed by atoms with van der Waals surface area (Å²) in [5.74, 6) is -1.38. The predicted octanol–water partition coefficient (Wildman–Crippen LogP) is 2.28. The highest BCUT2D eigenvalue weighted by Crippen LogP contribution is 2.31. The van der Waals surface area contributed by atoms with Crippen molar-refractivity contribution in [2.24, 2.45) is 7.05 Å². The van der Waals surface area contributed by atoms with E-state index in [-0.39, 0.29) is 40.4 Å². The number of likely N-dealkylation sites (tertiary alicyclic amines) is 1. The van der Waals surface area contributed by atoms with Crippen LogP contribution in [0.15, 0.2) is 24.5 Å². The predicted molar refractivity (Wildman–Crippen MR) is 108 cm³/mol. The lowest BCUT2D eigenvalue weighted by Crippen LogP contribution is -2.45. The van der Waals surface area contributed by atoms with Crippen LogP contribution in [0.25, 0.3) is 16.6 Å². The zero-order chi connectivity index (χ0) is 21.9. The van der Waals surface area contributed by atoms with E-state index in [0.29, 0.717) is 17.9 Å². The van der Waals surface area contributed by atoms with Gasteiger partial charge in [-0.25, -0.2) is 18.7 Å². The van der Waals surface area contributed by atoms with Crippen LogP contribution in [0.4, 0.5) is 14.7 Å². The number of amides is 1. The number of piperidine rings is 1. The lowest BCUT2D eigenvalue weighted by molar-refractivity contribution is 0.0606. The summed E-state index contributed by atoms with van der Waals surface area (Å²) in [6.07, 6.45) is 4.76. The van der Waals surface area contributed by atoms with Crippen molar-refractivity contribution in [3.05, 3.63) is 47.5 Å². The van der Waals surface area contributed by atoms with E-state index in [4.69, 9.17) is 5.73 Å². The molecule has 0 radical (unpaired) electrons. The largest absolute Gasteiger partial charge is 0.368 e. The number of nitrogen functional groups attached to an aromatic ring is 1. The van der Waals surface area contributed by atoms with Crippen molar-refractivity contribution in [2.75, 3.05) is 12.3 Å². The molecular formula is C20H20F2N8O. The van der Waals surface area contributed by atoms with Crippen LogP contribution in [0.1, 0.15) is 41.9 Å². The average molecular weight is 426 g/mol. The summed E-state index contributed by atoms with van der Waals surface area (Å²) in [5, 5.41) is 8.73. The third-order valence-corrected chi connectivity index (χ3v) is 5.80. The van der Waals surface area contributed by atoms with Gasteiger partial charge < -0.3 is 10.6 Å². The van der Waals surface area contributed by atoms with E-state index in [0.717, 1.165) is 18.9 Å². The summed E-state index contributed by atoms with van der Waals surface area (Å²) in [6.45, 7) is 2.42. The van der Waals surface area contributed by atoms with Crippen molar-refractivity contribution in [3.8, 4) is 0 Å². The van der Waals surface area contributed by atoms with Gasteiger partial charge in [0, 0.05) is 37.8 Å². The minimum atomic E-state index is -0.812. The fraction of sp³-hybridized carbons (Fsp3) is 0.350. The number of nitrogens with zero attached hydrogens (tertiary/aromatic N) is 7. The average Bonchev–Trinajstić information content (AvgIpc) is 3.36. The lowest BCUT2D eigenvalue weighted by Gasteiger charge is -2.36. The number of halogens is 2. The Morgan fingerprint density at radius 2 is 2.03 bits per heavy atom. The van der Waals surface area contributed by atoms with E-state index >= 15 is 0 Å². The maximum Gasteiger partial charge on any atom is 0.257 e. The van der Waals surface area contributed by atoms with Crippen molar-refractivity contribution in [1.82, 2.24) is 34.3 Å². The molecule has 2 N–H and O–H groups in total. The number of anilines is 1. The van der Waals surface area contributed by atoms with Gasteiger partial charge in [0.2, 0.25) is 5.95 Å². The van der Waals surface area contributed by atoms with Gasteiger partial charge in [0.25, 0.3) is 5.91 Å². The van der Waals surface area contributed by atoms with Gasteiger partial charge in [-0.15, -0.1) is 5.10 Å². The third kappa shape index (κ3) is 3.16. The molecule has 0 spiro atoms. The van der Waals surface area contributed by atoms with Gasteiger partial charge in [-0.2, -0.15) is 9.61 Å². The Balaban J connectivity index is 1.53. The molecule has 1 amide bonds. The highest BCUT2D eigenvalue weighted by molar-refractivity contribution is 5.94. The third-order valence-electron chi connectivity index (χ3n) is 5.80. The van der Waals surface area contributed by atoms with Crippen LogP contribution < -0.4 is 5.73 Å². The van der Waals surface area contributed by atoms with E-state index in [2.05, 4.69) is 20.2 Å². The number of nitrogens with two attached hydrogens (primary N) is 1. The Kier molecular flexibility index (Phi) is 4.34. The van der Waals surface area contributed by atoms with Crippen LogP contribution in [0.5, 0.6) is 0 Å². The van der Waals surface area contributed by atoms with Gasteiger partial charge in [-0.05, 0) is 25.8 Å². The molecule has 9 nitrogen and oxygen atoms in total. The molecule has 1 aliphatic heterocycles. The molecule has 1 fully saturated rings. The quantitative estimate of drug-likeness (QED) is 0.527. The van der Waals surface area contributed by atoms with Gasteiger partial charge in [-0.1, -0.05) is 0 Å². The Morgan fingerprint density at radius 3 is 2.77 bits per heavy atom. The van der Waals surface area contributed by atoms with Gasteiger partial charge in [0.1, 0.15) is 11.3 Å². The number of hydrogen-bond donors (Lipinski definition) is 1. The van der Waals surface area contributed by atoms with Crippen molar-refractivity contribution in [3.63, 3.8) is 0 Å². The van der Waals surface area contributed by atoms with Crippen LogP contribution in [0.2, 0.25) is 0 Å². The van der Waals surface area contributed by atoms with Crippen molar-refractivity contribution >= 4 is 28.4 Å². The standard InChI is InChI=1S/C20H20F2N8O/c1-10-3-4-11(9-29(10)19(31)12-7-24-28(2)8-12)17-26-18-14-5-13(21)6-15(22)16(14)25-20(23)30(18)27-17/h5-8,10-11H,3-4,9H2,1-2H3,(H2,23,25)/t10-,11+/m0/s1. The lowest BCUT2D eigenvalue weighted by atomic mass is 9.92. The Morgan fingerprint density at radius 1 is 1.23 bits per heavy atom. The first kappa shape index (κ1) is 19.3. The smallest absolute Gasteiger partial charge is 0.257 e. The molecule has 2 atom stereocenters. The fourth-order valence-electron chi connectivity index (χ4n) is 4.15. The second kappa shape index (κ2) is 6.96. The number of aromatic nitrogens is 6. The molecule has 0 bridgehead atoms. The Bertz CT molecular complexity index is 1330. The van der Waals surface area contributed by atoms with Crippen LogP contribution in [0.3, 0.4) is 0 Å². The fourth-order valence-corrected chi connectivity index (χ4v) is 4.15. The van der Waals surface area contributed by atoms with Gasteiger partial charge in [0.05, 0.1) is 17.1 Å². The van der Waals surface area contributed by atoms with E-state index in [1.54, 1.807) is 29.0 Å². The summed E-state index contributed by atoms with van der Waals surface area (Å²) in [4.78, 5) is 23.3. The first-order chi connectivity index (χ1) is 14.8. The van der Waals surface area contributed by atoms with Gasteiger partial charge in [0.15, 0.2) is 17.3 Å². The van der Waals surface area contributed by atoms with E-state index in [1.165, 1.54) is 10.6 Å². The summed E-state index contributed by atoms with van der Waals surface area (Å²) in [6, 6.07) is 1.98. The molecule has 3 aromatic heterocycles. The van der Waals surface area contributed by atoms with Crippen LogP contribution in [-0.4, -0.2) is 52.8 Å². The van der Waals surface area contributed by atoms with E-state index in [9.17, 15) is 13.6 Å². The zero-order valence-corrected chi connectivity index (χ0v) is 17.0. The maximum atomic E-state index is 14.2. The number of benzene rings is 1. The van der Waals surface area contributed by atoms with E-state index in [1.807, 2.05) is 6.92 Å². The van der Waals surface area contributed by atoms with Crippen LogP contribution >= 0.6 is 0 Å². The molecule has 4 heterocycles. The van der Waals surface area contributed by atoms with E-state index < -0.39 is 11.6 Å². The number of fused-ring (bicyclic) bond motifs is 3. The Labute approximate surface area is 175 Å². The number of rotatable bonds is 2. The molecule has 0 unspecified atom stereocenters. The first-order valence-corrected chi connectivity index (χ1v) is 9.92. The molecule has 1 aliphatic rings. The number of aryl methyl sites for hydroxylation is 1. The maximum absolute atomic E-state index is 14.2. The molecule has 0 saturated carbocycles. The number of carbonyl (C=O) groups excluding carboxylic acids is 1. The first-order valence-electron chi connectivity index (χ1n) is 9.92. The molecule has 1 saturated heterocycles. The normalized spacial score (nSPS) is 19.4. The number of hydrogen-bond acceptors (Lipinski definition) is 6. The second-order valence-corrected chi connectivity index (χ2v) is 7.94. The molecule has 31 heavy (non-hydrogen) atoms. The number of carbonyl (C=O) groups is 1. The van der Waals surface area contributed by atoms with Crippen LogP contribution in [0, 0.1) is 11.6 Å². The Hall–Kier alpha value is -3.63. The minimum Gasteiger partial charge on any atom is -0.368 e. The molecule has 160 valence electrons. The molecule has 5 rings (SSSR count). The molecule has 11 heteroatoms. The minimum absolute atomic E-state index is 0.0424. The summed E-state index contributed by atoms with van der Waals surface area (Å²) < 4.78 is 30.9. The second-order valence-electron chi connectivity index (χ2n) is 7.94. The zero-order valence-electron chi connectivity index (χ0n) is 17.0. The van der Waals surface area contributed by atoms with Crippen molar-refractivity contribution < 1.29 is 13.6 Å². The molecule has 4 aromatic rings. The molecular weight excluding hydrogens is 406 g/mol. The molecule has 1 aromatic carbocycles. The topological polar surface area (TPSA) is 107 Å². The van der Waals surface area contributed by atoms with Gasteiger partial charge in [-0.3, -0.25) is 9.48 Å². The molecule has 0 aliphatic carbocycles. The van der Waals surface area contributed by atoms with Crippen LogP contribution in [-0.2, 0) is 7.05 Å². The SMILES string of the molecule is C[C@H]1CC[C@@H](c2nc3c4cc(F)cc(F)c4nc(N)n3n2)CN1C(=O)c1cnn(C)c1. The van der Waals surface area contributed by atoms with Gasteiger partial charge >= 0.3 is 0 Å². The van der Waals surface area contributed by atoms with Crippen molar-refractivity contribution in [2.45, 2.75) is 31.7 Å².